The van der Waals surface area contributed by atoms with Gasteiger partial charge in [-0.3, -0.25) is 5.26 Å². The third-order valence-corrected chi connectivity index (χ3v) is 0.589. The highest BCUT2D eigenvalue weighted by molar-refractivity contribution is 4.24. The number of hydrogen-bond donors (Lipinski definition) is 1. The van der Waals surface area contributed by atoms with E-state index in [0.29, 0.717) is 6.61 Å². The van der Waals surface area contributed by atoms with E-state index in [1.54, 1.807) is 0 Å². The van der Waals surface area contributed by atoms with Crippen molar-refractivity contribution in [3.8, 4) is 0 Å². The van der Waals surface area contributed by atoms with Gasteiger partial charge in [0, 0.05) is 0 Å². The van der Waals surface area contributed by atoms with Crippen LogP contribution in [0.4, 0.5) is 0 Å². The third kappa shape index (κ3) is 17.4. The molecular weight excluding hydrogens is 104 g/mol. The lowest BCUT2D eigenvalue weighted by atomic mass is 10.4. The van der Waals surface area contributed by atoms with Crippen molar-refractivity contribution in [2.75, 3.05) is 6.61 Å². The zero-order valence-corrected chi connectivity index (χ0v) is 5.39. The summed E-state index contributed by atoms with van der Waals surface area (Å²) in [5.41, 5.74) is 0. The number of rotatable bonds is 3. The summed E-state index contributed by atoms with van der Waals surface area (Å²) in [5, 5.41) is 7.70. The molecule has 2 nitrogen and oxygen atoms in total. The summed E-state index contributed by atoms with van der Waals surface area (Å²) >= 11 is 0. The topological polar surface area (TPSA) is 29.5 Å². The van der Waals surface area contributed by atoms with Crippen LogP contribution in [0, 0.1) is 0 Å². The summed E-state index contributed by atoms with van der Waals surface area (Å²) in [7, 11) is 0. The molecule has 0 rings (SSSR count). The predicted molar refractivity (Wildman–Crippen MR) is 34.7 cm³/mol. The Kier molecular flexibility index (Phi) is 21.1. The Balaban J connectivity index is 0. The van der Waals surface area contributed by atoms with E-state index >= 15 is 0 Å². The van der Waals surface area contributed by atoms with Gasteiger partial charge in [-0.15, -0.1) is 13.2 Å². The zero-order valence-electron chi connectivity index (χ0n) is 5.39. The average Bonchev–Trinajstić information content (AvgIpc) is 1.88. The molecule has 1 N–H and O–H groups in total. The van der Waals surface area contributed by atoms with Crippen LogP contribution < -0.4 is 0 Å². The quantitative estimate of drug-likeness (QED) is 0.266. The highest BCUT2D eigenvalue weighted by Crippen LogP contribution is 1.83. The Bertz CT molecular complexity index is 25.7. The molecule has 2 heteroatoms. The molecule has 0 spiro atoms. The molecule has 50 valence electrons. The lowest BCUT2D eigenvalue weighted by Gasteiger charge is -1.87. The highest BCUT2D eigenvalue weighted by atomic mass is 17.1. The smallest absolute Gasteiger partial charge is 0.0819 e. The maximum absolute atomic E-state index is 7.70. The summed E-state index contributed by atoms with van der Waals surface area (Å²) in [5.74, 6) is 0. The summed E-state index contributed by atoms with van der Waals surface area (Å²) in [6.45, 7) is 8.51. The standard InChI is InChI=1S/C4H10O2.C2H4/c1-2-3-4-6-5;1-2/h5H,2-4H2,1H3;1-2H2. The van der Waals surface area contributed by atoms with E-state index in [-0.39, 0.29) is 0 Å². The molecule has 0 saturated carbocycles. The minimum atomic E-state index is 0.469. The lowest BCUT2D eigenvalue weighted by molar-refractivity contribution is -0.242. The summed E-state index contributed by atoms with van der Waals surface area (Å²) in [6, 6.07) is 0. The zero-order chi connectivity index (χ0) is 6.83. The first-order chi connectivity index (χ1) is 3.91. The molecule has 0 fully saturated rings. The van der Waals surface area contributed by atoms with Gasteiger partial charge in [-0.2, -0.15) is 0 Å². The molecule has 0 aliphatic carbocycles. The molecule has 0 radical (unpaired) electrons. The summed E-state index contributed by atoms with van der Waals surface area (Å²) < 4.78 is 0. The van der Waals surface area contributed by atoms with Gasteiger partial charge in [0.1, 0.15) is 0 Å². The predicted octanol–water partition coefficient (Wildman–Crippen LogP) is 2.08. The second-order valence-corrected chi connectivity index (χ2v) is 1.19. The molecule has 0 heterocycles. The molecule has 0 bridgehead atoms. The van der Waals surface area contributed by atoms with E-state index in [1.807, 2.05) is 6.92 Å². The van der Waals surface area contributed by atoms with Crippen molar-refractivity contribution >= 4 is 0 Å². The minimum absolute atomic E-state index is 0.469. The Hall–Kier alpha value is -0.340. The largest absolute Gasteiger partial charge is 0.252 e. The maximum atomic E-state index is 7.70. The fourth-order valence-corrected chi connectivity index (χ4v) is 0.209. The Morgan fingerprint density at radius 3 is 2.12 bits per heavy atom. The van der Waals surface area contributed by atoms with Crippen molar-refractivity contribution < 1.29 is 10.1 Å². The van der Waals surface area contributed by atoms with Crippen LogP contribution in [0.1, 0.15) is 19.8 Å². The van der Waals surface area contributed by atoms with Crippen molar-refractivity contribution in [1.29, 1.82) is 0 Å². The van der Waals surface area contributed by atoms with Crippen LogP contribution in [0.15, 0.2) is 13.2 Å². The fraction of sp³-hybridized carbons (Fsp3) is 0.667. The summed E-state index contributed by atoms with van der Waals surface area (Å²) in [6.07, 6.45) is 2.01. The Morgan fingerprint density at radius 1 is 1.50 bits per heavy atom. The van der Waals surface area contributed by atoms with Crippen LogP contribution in [-0.4, -0.2) is 11.9 Å². The van der Waals surface area contributed by atoms with Crippen LogP contribution in [0.3, 0.4) is 0 Å². The third-order valence-electron chi connectivity index (χ3n) is 0.589. The second kappa shape index (κ2) is 15.9. The van der Waals surface area contributed by atoms with Crippen LogP contribution in [0.2, 0.25) is 0 Å². The van der Waals surface area contributed by atoms with Crippen molar-refractivity contribution in [2.45, 2.75) is 19.8 Å². The van der Waals surface area contributed by atoms with Gasteiger partial charge in [0.2, 0.25) is 0 Å². The van der Waals surface area contributed by atoms with Gasteiger partial charge in [-0.1, -0.05) is 13.3 Å². The van der Waals surface area contributed by atoms with Crippen molar-refractivity contribution in [3.05, 3.63) is 13.2 Å². The maximum Gasteiger partial charge on any atom is 0.0819 e. The molecule has 0 aliphatic rings. The minimum Gasteiger partial charge on any atom is -0.252 e. The molecular formula is C6H14O2. The second-order valence-electron chi connectivity index (χ2n) is 1.19. The molecule has 0 atom stereocenters. The molecule has 0 aromatic carbocycles. The molecule has 8 heavy (non-hydrogen) atoms. The molecule has 0 unspecified atom stereocenters. The Labute approximate surface area is 50.7 Å². The molecule has 0 saturated heterocycles. The summed E-state index contributed by atoms with van der Waals surface area (Å²) in [4.78, 5) is 3.78. The molecule has 0 aromatic rings. The van der Waals surface area contributed by atoms with Gasteiger partial charge in [-0.25, -0.2) is 4.89 Å². The normalized spacial score (nSPS) is 7.25. The lowest BCUT2D eigenvalue weighted by Crippen LogP contribution is -1.84. The number of unbranched alkanes of at least 4 members (excludes halogenated alkanes) is 1. The van der Waals surface area contributed by atoms with Crippen LogP contribution in [0.5, 0.6) is 0 Å². The van der Waals surface area contributed by atoms with E-state index < -0.39 is 0 Å². The first kappa shape index (κ1) is 10.6. The van der Waals surface area contributed by atoms with Crippen LogP contribution in [-0.2, 0) is 4.89 Å². The van der Waals surface area contributed by atoms with Gasteiger partial charge in [0.25, 0.3) is 0 Å². The van der Waals surface area contributed by atoms with Crippen molar-refractivity contribution in [2.24, 2.45) is 0 Å². The number of hydrogen-bond acceptors (Lipinski definition) is 2. The SMILES string of the molecule is C=C.CCCCOO. The first-order valence-corrected chi connectivity index (χ1v) is 2.68. The molecule has 0 amide bonds. The van der Waals surface area contributed by atoms with E-state index in [1.165, 1.54) is 0 Å². The van der Waals surface area contributed by atoms with E-state index in [2.05, 4.69) is 18.0 Å². The van der Waals surface area contributed by atoms with Crippen LogP contribution in [0.25, 0.3) is 0 Å². The molecule has 0 aromatic heterocycles. The highest BCUT2D eigenvalue weighted by Gasteiger charge is 1.76. The van der Waals surface area contributed by atoms with Gasteiger partial charge < -0.3 is 0 Å². The Morgan fingerprint density at radius 2 is 2.00 bits per heavy atom. The van der Waals surface area contributed by atoms with Crippen molar-refractivity contribution in [1.82, 2.24) is 0 Å². The average molecular weight is 118 g/mol. The van der Waals surface area contributed by atoms with E-state index in [4.69, 9.17) is 5.26 Å². The van der Waals surface area contributed by atoms with Gasteiger partial charge in [0.15, 0.2) is 0 Å². The van der Waals surface area contributed by atoms with Crippen LogP contribution >= 0.6 is 0 Å². The fourth-order valence-electron chi connectivity index (χ4n) is 0.209. The van der Waals surface area contributed by atoms with E-state index in [9.17, 15) is 0 Å². The molecule has 0 aliphatic heterocycles. The van der Waals surface area contributed by atoms with Crippen molar-refractivity contribution in [3.63, 3.8) is 0 Å². The van der Waals surface area contributed by atoms with Gasteiger partial charge in [0.05, 0.1) is 6.61 Å². The monoisotopic (exact) mass is 118 g/mol. The van der Waals surface area contributed by atoms with E-state index in [0.717, 1.165) is 12.8 Å². The van der Waals surface area contributed by atoms with Gasteiger partial charge in [-0.05, 0) is 6.42 Å². The van der Waals surface area contributed by atoms with Gasteiger partial charge >= 0.3 is 0 Å². The first-order valence-electron chi connectivity index (χ1n) is 2.68.